The van der Waals surface area contributed by atoms with Crippen molar-refractivity contribution >= 4 is 44.0 Å². The van der Waals surface area contributed by atoms with Gasteiger partial charge in [-0.2, -0.15) is 5.10 Å². The summed E-state index contributed by atoms with van der Waals surface area (Å²) in [7, 11) is 1.52. The molecule has 0 radical (unpaired) electrons. The monoisotopic (exact) mass is 482 g/mol. The normalized spacial score (nSPS) is 10.8. The summed E-state index contributed by atoms with van der Waals surface area (Å²) >= 11 is 6.79. The molecule has 0 aliphatic rings. The number of carbonyl (C=O) groups is 1. The van der Waals surface area contributed by atoms with Gasteiger partial charge in [-0.15, -0.1) is 0 Å². The Balaban J connectivity index is 2.11. The first-order chi connectivity index (χ1) is 12.5. The molecule has 5 nitrogen and oxygen atoms in total. The van der Waals surface area contributed by atoms with E-state index in [1.807, 2.05) is 18.2 Å². The number of amides is 1. The second-order valence-electron chi connectivity index (χ2n) is 5.43. The smallest absolute Gasteiger partial charge is 0.275 e. The molecule has 0 aliphatic carbocycles. The van der Waals surface area contributed by atoms with Gasteiger partial charge in [0.25, 0.3) is 5.91 Å². The summed E-state index contributed by atoms with van der Waals surface area (Å²) in [5.74, 6) is 0.842. The molecule has 0 atom stereocenters. The van der Waals surface area contributed by atoms with Crippen LogP contribution in [0.3, 0.4) is 0 Å². The van der Waals surface area contributed by atoms with E-state index in [0.717, 1.165) is 33.1 Å². The Morgan fingerprint density at radius 1 is 1.15 bits per heavy atom. The van der Waals surface area contributed by atoms with Crippen molar-refractivity contribution in [1.29, 1.82) is 0 Å². The second kappa shape index (κ2) is 10.3. The highest BCUT2D eigenvalue weighted by molar-refractivity contribution is 9.10. The van der Waals surface area contributed by atoms with Gasteiger partial charge in [0.15, 0.2) is 0 Å². The van der Waals surface area contributed by atoms with Gasteiger partial charge in [0.05, 0.1) is 25.5 Å². The molecule has 2 aromatic rings. The summed E-state index contributed by atoms with van der Waals surface area (Å²) in [6, 6.07) is 10.9. The topological polar surface area (TPSA) is 59.9 Å². The maximum atomic E-state index is 12.4. The average molecular weight is 484 g/mol. The number of unbranched alkanes of at least 4 members (excludes halogenated alkanes) is 1. The number of benzene rings is 2. The zero-order chi connectivity index (χ0) is 18.9. The minimum Gasteiger partial charge on any atom is -0.496 e. The minimum absolute atomic E-state index is 0.358. The van der Waals surface area contributed by atoms with Crippen molar-refractivity contribution in [2.24, 2.45) is 5.10 Å². The van der Waals surface area contributed by atoms with E-state index in [1.54, 1.807) is 24.4 Å². The predicted molar refractivity (Wildman–Crippen MR) is 110 cm³/mol. The van der Waals surface area contributed by atoms with E-state index >= 15 is 0 Å². The molecule has 0 aromatic heterocycles. The van der Waals surface area contributed by atoms with Crippen LogP contribution in [0.2, 0.25) is 0 Å². The van der Waals surface area contributed by atoms with Crippen LogP contribution in [-0.4, -0.2) is 25.8 Å². The highest BCUT2D eigenvalue weighted by Crippen LogP contribution is 2.23. The molecular weight excluding hydrogens is 464 g/mol. The second-order valence-corrected chi connectivity index (χ2v) is 7.26. The molecule has 7 heteroatoms. The molecule has 0 saturated heterocycles. The Bertz CT molecular complexity index is 794. The first-order valence-electron chi connectivity index (χ1n) is 8.14. The van der Waals surface area contributed by atoms with Crippen molar-refractivity contribution in [2.45, 2.75) is 19.8 Å². The first kappa shape index (κ1) is 20.5. The first-order valence-corrected chi connectivity index (χ1v) is 9.73. The van der Waals surface area contributed by atoms with E-state index < -0.39 is 0 Å². The molecule has 0 heterocycles. The highest BCUT2D eigenvalue weighted by atomic mass is 79.9. The molecule has 2 aromatic carbocycles. The lowest BCUT2D eigenvalue weighted by Gasteiger charge is -2.09. The number of nitrogens with zero attached hydrogens (tertiary/aromatic N) is 1. The Kier molecular flexibility index (Phi) is 8.12. The zero-order valence-electron chi connectivity index (χ0n) is 14.6. The maximum absolute atomic E-state index is 12.4. The van der Waals surface area contributed by atoms with Gasteiger partial charge in [-0.1, -0.05) is 45.2 Å². The van der Waals surface area contributed by atoms with Crippen molar-refractivity contribution in [2.75, 3.05) is 13.7 Å². The van der Waals surface area contributed by atoms with Crippen LogP contribution in [0.15, 0.2) is 50.4 Å². The number of hydrogen-bond acceptors (Lipinski definition) is 4. The van der Waals surface area contributed by atoms with Crippen molar-refractivity contribution in [3.05, 3.63) is 56.5 Å². The van der Waals surface area contributed by atoms with E-state index in [9.17, 15) is 4.79 Å². The van der Waals surface area contributed by atoms with Crippen LogP contribution in [0.1, 0.15) is 35.7 Å². The highest BCUT2D eigenvalue weighted by Gasteiger charge is 2.12. The van der Waals surface area contributed by atoms with E-state index in [-0.39, 0.29) is 5.91 Å². The Morgan fingerprint density at radius 3 is 2.54 bits per heavy atom. The summed E-state index contributed by atoms with van der Waals surface area (Å²) in [5, 5.41) is 4.06. The van der Waals surface area contributed by atoms with Gasteiger partial charge >= 0.3 is 0 Å². The molecule has 138 valence electrons. The van der Waals surface area contributed by atoms with Gasteiger partial charge < -0.3 is 9.47 Å². The average Bonchev–Trinajstić information content (AvgIpc) is 2.63. The lowest BCUT2D eigenvalue weighted by atomic mass is 10.2. The Morgan fingerprint density at radius 2 is 1.85 bits per heavy atom. The number of carbonyl (C=O) groups excluding carboxylic acids is 1. The van der Waals surface area contributed by atoms with Gasteiger partial charge in [-0.25, -0.2) is 5.43 Å². The van der Waals surface area contributed by atoms with Crippen LogP contribution < -0.4 is 14.9 Å². The number of rotatable bonds is 8. The van der Waals surface area contributed by atoms with Crippen LogP contribution in [0, 0.1) is 0 Å². The molecule has 0 saturated carbocycles. The summed E-state index contributed by atoms with van der Waals surface area (Å²) < 4.78 is 12.7. The number of hydrazone groups is 1. The van der Waals surface area contributed by atoms with Crippen LogP contribution in [0.25, 0.3) is 0 Å². The van der Waals surface area contributed by atoms with Crippen molar-refractivity contribution in [3.63, 3.8) is 0 Å². The quantitative estimate of drug-likeness (QED) is 0.320. The Labute approximate surface area is 170 Å². The standard InChI is InChI=1S/C19H20Br2N2O3/c1-3-4-9-26-17-7-5-14(20)10-13(17)12-22-23-19(24)16-11-15(21)6-8-18(16)25-2/h5-8,10-12H,3-4,9H2,1-2H3,(H,23,24). The lowest BCUT2D eigenvalue weighted by molar-refractivity contribution is 0.0952. The fraction of sp³-hybridized carbons (Fsp3) is 0.263. The van der Waals surface area contributed by atoms with Gasteiger partial charge in [0.1, 0.15) is 11.5 Å². The molecule has 0 unspecified atom stereocenters. The maximum Gasteiger partial charge on any atom is 0.275 e. The van der Waals surface area contributed by atoms with Crippen LogP contribution in [-0.2, 0) is 0 Å². The fourth-order valence-corrected chi connectivity index (χ4v) is 2.90. The number of nitrogens with one attached hydrogen (secondary N) is 1. The van der Waals surface area contributed by atoms with Gasteiger partial charge in [-0.05, 0) is 42.8 Å². The third-order valence-corrected chi connectivity index (χ3v) is 4.49. The minimum atomic E-state index is -0.358. The predicted octanol–water partition coefficient (Wildman–Crippen LogP) is 5.16. The third kappa shape index (κ3) is 5.85. The number of ether oxygens (including phenoxy) is 2. The largest absolute Gasteiger partial charge is 0.496 e. The summed E-state index contributed by atoms with van der Waals surface area (Å²) in [5.41, 5.74) is 3.69. The van der Waals surface area contributed by atoms with Crippen LogP contribution in [0.4, 0.5) is 0 Å². The molecular formula is C19H20Br2N2O3. The Hall–Kier alpha value is -1.86. The molecule has 0 bridgehead atoms. The third-order valence-electron chi connectivity index (χ3n) is 3.50. The number of methoxy groups -OCH3 is 1. The van der Waals surface area contributed by atoms with E-state index in [1.165, 1.54) is 7.11 Å². The molecule has 0 fully saturated rings. The number of hydrogen-bond donors (Lipinski definition) is 1. The summed E-state index contributed by atoms with van der Waals surface area (Å²) in [6.07, 6.45) is 3.60. The van der Waals surface area contributed by atoms with E-state index in [4.69, 9.17) is 9.47 Å². The zero-order valence-corrected chi connectivity index (χ0v) is 17.8. The van der Waals surface area contributed by atoms with Crippen molar-refractivity contribution in [1.82, 2.24) is 5.43 Å². The summed E-state index contributed by atoms with van der Waals surface area (Å²) in [6.45, 7) is 2.75. The lowest BCUT2D eigenvalue weighted by Crippen LogP contribution is -2.18. The number of halogens is 2. The van der Waals surface area contributed by atoms with Crippen molar-refractivity contribution < 1.29 is 14.3 Å². The van der Waals surface area contributed by atoms with Gasteiger partial charge in [0, 0.05) is 14.5 Å². The SMILES string of the molecule is CCCCOc1ccc(Br)cc1C=NNC(=O)c1cc(Br)ccc1OC. The molecule has 0 spiro atoms. The molecule has 1 amide bonds. The van der Waals surface area contributed by atoms with Gasteiger partial charge in [0.2, 0.25) is 0 Å². The van der Waals surface area contributed by atoms with E-state index in [0.29, 0.717) is 17.9 Å². The molecule has 26 heavy (non-hydrogen) atoms. The van der Waals surface area contributed by atoms with Crippen molar-refractivity contribution in [3.8, 4) is 11.5 Å². The fourth-order valence-electron chi connectivity index (χ4n) is 2.16. The molecule has 1 N–H and O–H groups in total. The van der Waals surface area contributed by atoms with Crippen LogP contribution >= 0.6 is 31.9 Å². The van der Waals surface area contributed by atoms with Gasteiger partial charge in [-0.3, -0.25) is 4.79 Å². The summed E-state index contributed by atoms with van der Waals surface area (Å²) in [4.78, 5) is 12.4. The van der Waals surface area contributed by atoms with Crippen LogP contribution in [0.5, 0.6) is 11.5 Å². The molecule has 2 rings (SSSR count). The molecule has 0 aliphatic heterocycles. The van der Waals surface area contributed by atoms with E-state index in [2.05, 4.69) is 49.3 Å².